The first-order chi connectivity index (χ1) is 15.8. The highest BCUT2D eigenvalue weighted by Gasteiger charge is 2.22. The summed E-state index contributed by atoms with van der Waals surface area (Å²) in [4.78, 5) is 32.2. The van der Waals surface area contributed by atoms with Crippen LogP contribution in [0.25, 0.3) is 11.0 Å². The van der Waals surface area contributed by atoms with Crippen LogP contribution in [0.1, 0.15) is 50.3 Å². The van der Waals surface area contributed by atoms with E-state index < -0.39 is 0 Å². The normalized spacial score (nSPS) is 11.2. The molecule has 0 radical (unpaired) electrons. The molecule has 3 aromatic rings. The number of aromatic nitrogens is 2. The first-order valence-electron chi connectivity index (χ1n) is 11.5. The lowest BCUT2D eigenvalue weighted by molar-refractivity contribution is -0.135. The predicted molar refractivity (Wildman–Crippen MR) is 130 cm³/mol. The predicted octanol–water partition coefficient (Wildman–Crippen LogP) is 4.05. The Morgan fingerprint density at radius 2 is 1.70 bits per heavy atom. The molecule has 0 spiro atoms. The number of benzene rings is 2. The zero-order valence-corrected chi connectivity index (χ0v) is 20.2. The van der Waals surface area contributed by atoms with Gasteiger partial charge in [-0.2, -0.15) is 0 Å². The second kappa shape index (κ2) is 11.0. The minimum Gasteiger partial charge on any atom is -0.497 e. The number of rotatable bonds is 10. The summed E-state index contributed by atoms with van der Waals surface area (Å²) in [5, 5.41) is 2.96. The Kier molecular flexibility index (Phi) is 8.09. The summed E-state index contributed by atoms with van der Waals surface area (Å²) in [6.45, 7) is 8.93. The molecule has 176 valence electrons. The third-order valence-corrected chi connectivity index (χ3v) is 5.64. The number of carbonyl (C=O) groups is 2. The summed E-state index contributed by atoms with van der Waals surface area (Å²) in [6.07, 6.45) is 1.38. The van der Waals surface area contributed by atoms with Crippen LogP contribution in [0.15, 0.2) is 48.5 Å². The van der Waals surface area contributed by atoms with Gasteiger partial charge >= 0.3 is 0 Å². The Morgan fingerprint density at radius 1 is 1.03 bits per heavy atom. The van der Waals surface area contributed by atoms with E-state index in [2.05, 4.69) is 5.32 Å². The maximum absolute atomic E-state index is 13.1. The lowest BCUT2D eigenvalue weighted by atomic mass is 10.2. The van der Waals surface area contributed by atoms with Crippen LogP contribution in [0.4, 0.5) is 0 Å². The van der Waals surface area contributed by atoms with E-state index in [1.165, 1.54) is 0 Å². The molecule has 0 saturated heterocycles. The third-order valence-electron chi connectivity index (χ3n) is 5.64. The van der Waals surface area contributed by atoms with Crippen molar-refractivity contribution < 1.29 is 14.3 Å². The molecule has 0 saturated carbocycles. The number of amides is 2. The lowest BCUT2D eigenvalue weighted by Crippen LogP contribution is -2.43. The van der Waals surface area contributed by atoms with Gasteiger partial charge in [-0.05, 0) is 70.5 Å². The monoisotopic (exact) mass is 450 g/mol. The second-order valence-corrected chi connectivity index (χ2v) is 8.68. The summed E-state index contributed by atoms with van der Waals surface area (Å²) in [7, 11) is 1.60. The van der Waals surface area contributed by atoms with Gasteiger partial charge in [0, 0.05) is 30.6 Å². The van der Waals surface area contributed by atoms with Gasteiger partial charge in [0.05, 0.1) is 18.1 Å². The highest BCUT2D eigenvalue weighted by Crippen LogP contribution is 2.19. The first-order valence-corrected chi connectivity index (χ1v) is 11.5. The van der Waals surface area contributed by atoms with Gasteiger partial charge in [0.25, 0.3) is 5.91 Å². The molecule has 1 aromatic heterocycles. The molecule has 3 rings (SSSR count). The van der Waals surface area contributed by atoms with Crippen molar-refractivity contribution in [2.45, 2.75) is 59.2 Å². The van der Waals surface area contributed by atoms with Gasteiger partial charge in [0.15, 0.2) is 0 Å². The number of ether oxygens (including phenoxy) is 1. The molecule has 1 N–H and O–H groups in total. The maximum Gasteiger partial charge on any atom is 0.251 e. The number of para-hydroxylation sites is 2. The van der Waals surface area contributed by atoms with Gasteiger partial charge < -0.3 is 19.5 Å². The van der Waals surface area contributed by atoms with Crippen molar-refractivity contribution in [2.75, 3.05) is 13.7 Å². The van der Waals surface area contributed by atoms with Crippen LogP contribution >= 0.6 is 0 Å². The Hall–Kier alpha value is -3.35. The number of nitrogens with zero attached hydrogens (tertiary/aromatic N) is 3. The van der Waals surface area contributed by atoms with Crippen LogP contribution in [0.5, 0.6) is 5.75 Å². The molecule has 1 heterocycles. The zero-order valence-electron chi connectivity index (χ0n) is 20.2. The molecule has 2 aromatic carbocycles. The van der Waals surface area contributed by atoms with E-state index in [0.29, 0.717) is 24.3 Å². The van der Waals surface area contributed by atoms with Crippen LogP contribution in [0.2, 0.25) is 0 Å². The number of fused-ring (bicyclic) bond motifs is 1. The molecule has 0 bridgehead atoms. The maximum atomic E-state index is 13.1. The minimum absolute atomic E-state index is 0.0808. The number of methoxy groups -OCH3 is 1. The summed E-state index contributed by atoms with van der Waals surface area (Å²) in [5.74, 6) is 1.53. The van der Waals surface area contributed by atoms with Crippen molar-refractivity contribution in [3.63, 3.8) is 0 Å². The topological polar surface area (TPSA) is 76.5 Å². The number of hydrogen-bond donors (Lipinski definition) is 1. The zero-order chi connectivity index (χ0) is 24.0. The van der Waals surface area contributed by atoms with Gasteiger partial charge in [-0.3, -0.25) is 9.59 Å². The molecule has 0 aliphatic heterocycles. The molecule has 0 aliphatic rings. The minimum atomic E-state index is -0.120. The standard InChI is InChI=1S/C26H34N4O3/c1-18(2)30(19(3)4)25(31)17-29-23-10-7-6-9-22(23)28-24(29)11-8-16-27-26(32)20-12-14-21(33-5)15-13-20/h6-7,9-10,12-15,18-19H,8,11,16-17H2,1-5H3,(H,27,32). The number of aryl methyl sites for hydroxylation is 1. The number of carbonyl (C=O) groups excluding carboxylic acids is 2. The van der Waals surface area contributed by atoms with E-state index >= 15 is 0 Å². The van der Waals surface area contributed by atoms with Crippen molar-refractivity contribution in [3.05, 3.63) is 59.9 Å². The van der Waals surface area contributed by atoms with Gasteiger partial charge in [0.2, 0.25) is 5.91 Å². The Morgan fingerprint density at radius 3 is 2.33 bits per heavy atom. The van der Waals surface area contributed by atoms with Crippen LogP contribution < -0.4 is 10.1 Å². The van der Waals surface area contributed by atoms with E-state index in [0.717, 1.165) is 23.3 Å². The Balaban J connectivity index is 1.67. The van der Waals surface area contributed by atoms with E-state index in [4.69, 9.17) is 9.72 Å². The molecule has 0 unspecified atom stereocenters. The lowest BCUT2D eigenvalue weighted by Gasteiger charge is -2.31. The van der Waals surface area contributed by atoms with Gasteiger partial charge in [-0.25, -0.2) is 4.98 Å². The highest BCUT2D eigenvalue weighted by molar-refractivity contribution is 5.94. The molecule has 0 fully saturated rings. The van der Waals surface area contributed by atoms with Crippen LogP contribution in [0, 0.1) is 0 Å². The molecule has 0 atom stereocenters. The smallest absolute Gasteiger partial charge is 0.251 e. The van der Waals surface area contributed by atoms with E-state index in [-0.39, 0.29) is 30.4 Å². The van der Waals surface area contributed by atoms with Gasteiger partial charge in [-0.15, -0.1) is 0 Å². The Bertz CT molecular complexity index is 1080. The van der Waals surface area contributed by atoms with E-state index in [1.54, 1.807) is 31.4 Å². The summed E-state index contributed by atoms with van der Waals surface area (Å²) in [6, 6.07) is 15.2. The van der Waals surface area contributed by atoms with Gasteiger partial charge in [-0.1, -0.05) is 12.1 Å². The summed E-state index contributed by atoms with van der Waals surface area (Å²) >= 11 is 0. The summed E-state index contributed by atoms with van der Waals surface area (Å²) < 4.78 is 7.15. The third kappa shape index (κ3) is 5.92. The average molecular weight is 451 g/mol. The van der Waals surface area contributed by atoms with E-state index in [9.17, 15) is 9.59 Å². The van der Waals surface area contributed by atoms with Crippen molar-refractivity contribution >= 4 is 22.8 Å². The molecule has 33 heavy (non-hydrogen) atoms. The van der Waals surface area contributed by atoms with Crippen molar-refractivity contribution in [1.82, 2.24) is 19.8 Å². The largest absolute Gasteiger partial charge is 0.497 e. The van der Waals surface area contributed by atoms with Crippen LogP contribution in [-0.2, 0) is 17.8 Å². The molecular weight excluding hydrogens is 416 g/mol. The van der Waals surface area contributed by atoms with E-state index in [1.807, 2.05) is 61.4 Å². The first kappa shape index (κ1) is 24.3. The van der Waals surface area contributed by atoms with Crippen molar-refractivity contribution in [1.29, 1.82) is 0 Å². The van der Waals surface area contributed by atoms with Crippen molar-refractivity contribution in [3.8, 4) is 5.75 Å². The molecule has 7 heteroatoms. The number of hydrogen-bond acceptors (Lipinski definition) is 4. The SMILES string of the molecule is COc1ccc(C(=O)NCCCc2nc3ccccc3n2CC(=O)N(C(C)C)C(C)C)cc1. The average Bonchev–Trinajstić information content (AvgIpc) is 3.13. The summed E-state index contributed by atoms with van der Waals surface area (Å²) in [5.41, 5.74) is 2.43. The molecule has 7 nitrogen and oxygen atoms in total. The van der Waals surface area contributed by atoms with Crippen LogP contribution in [-0.4, -0.2) is 52.0 Å². The number of imidazole rings is 1. The molecular formula is C26H34N4O3. The van der Waals surface area contributed by atoms with Crippen molar-refractivity contribution in [2.24, 2.45) is 0 Å². The fourth-order valence-corrected chi connectivity index (χ4v) is 4.17. The fourth-order valence-electron chi connectivity index (χ4n) is 4.17. The quantitative estimate of drug-likeness (QED) is 0.473. The van der Waals surface area contributed by atoms with Gasteiger partial charge in [0.1, 0.15) is 18.1 Å². The molecule has 2 amide bonds. The second-order valence-electron chi connectivity index (χ2n) is 8.68. The fraction of sp³-hybridized carbons (Fsp3) is 0.423. The highest BCUT2D eigenvalue weighted by atomic mass is 16.5. The molecule has 0 aliphatic carbocycles. The Labute approximate surface area is 195 Å². The van der Waals surface area contributed by atoms with Crippen LogP contribution in [0.3, 0.4) is 0 Å². The number of nitrogens with one attached hydrogen (secondary N) is 1.